The number of primary amides is 1. The van der Waals surface area contributed by atoms with Crippen LogP contribution in [0, 0.1) is 5.82 Å². The highest BCUT2D eigenvalue weighted by Crippen LogP contribution is 2.08. The molecular formula is C15H14FN3O4. The monoisotopic (exact) mass is 319 g/mol. The van der Waals surface area contributed by atoms with Gasteiger partial charge < -0.3 is 21.1 Å². The number of hydrogen-bond acceptors (Lipinski definition) is 4. The Morgan fingerprint density at radius 2 is 1.91 bits per heavy atom. The number of carbonyl (C=O) groups excluding carboxylic acids is 2. The van der Waals surface area contributed by atoms with Crippen LogP contribution in [-0.4, -0.2) is 28.4 Å². The lowest BCUT2D eigenvalue weighted by Crippen LogP contribution is -2.31. The van der Waals surface area contributed by atoms with Crippen LogP contribution in [-0.2, 0) is 6.42 Å². The standard InChI is InChI=1S/C15H14FN3O4/c16-9-3-1-8(2-4-9)5-6-18-15(23)10-7-19-11(14(17)22)13(21)12(10)20/h1-4,7,21H,5-6H2,(H2,17,22)(H,18,23)(H,19,20). The fourth-order valence-electron chi connectivity index (χ4n) is 1.94. The molecule has 1 heterocycles. The van der Waals surface area contributed by atoms with Crippen LogP contribution in [0.25, 0.3) is 0 Å². The summed E-state index contributed by atoms with van der Waals surface area (Å²) in [5.74, 6) is -2.97. The van der Waals surface area contributed by atoms with Crippen LogP contribution >= 0.6 is 0 Å². The Hall–Kier alpha value is -3.16. The summed E-state index contributed by atoms with van der Waals surface area (Å²) in [7, 11) is 0. The number of benzene rings is 1. The highest BCUT2D eigenvalue weighted by atomic mass is 19.1. The van der Waals surface area contributed by atoms with E-state index in [1.54, 1.807) is 12.1 Å². The van der Waals surface area contributed by atoms with Gasteiger partial charge in [0.2, 0.25) is 5.43 Å². The molecule has 0 aliphatic rings. The highest BCUT2D eigenvalue weighted by Gasteiger charge is 2.18. The van der Waals surface area contributed by atoms with Crippen molar-refractivity contribution in [2.75, 3.05) is 6.54 Å². The Balaban J connectivity index is 2.04. The molecular weight excluding hydrogens is 305 g/mol. The molecule has 0 aliphatic carbocycles. The smallest absolute Gasteiger partial charge is 0.269 e. The summed E-state index contributed by atoms with van der Waals surface area (Å²) < 4.78 is 12.8. The first kappa shape index (κ1) is 16.2. The second-order valence-electron chi connectivity index (χ2n) is 4.75. The van der Waals surface area contributed by atoms with Gasteiger partial charge in [-0.3, -0.25) is 14.4 Å². The second-order valence-corrected chi connectivity index (χ2v) is 4.75. The van der Waals surface area contributed by atoms with E-state index in [1.807, 2.05) is 0 Å². The molecule has 0 spiro atoms. The molecule has 1 aromatic heterocycles. The number of rotatable bonds is 5. The minimum Gasteiger partial charge on any atom is -0.503 e. The Morgan fingerprint density at radius 3 is 2.52 bits per heavy atom. The summed E-state index contributed by atoms with van der Waals surface area (Å²) in [5.41, 5.74) is 3.99. The lowest BCUT2D eigenvalue weighted by Gasteiger charge is -2.06. The van der Waals surface area contributed by atoms with Gasteiger partial charge in [-0.05, 0) is 24.1 Å². The van der Waals surface area contributed by atoms with Crippen LogP contribution in [0.5, 0.6) is 5.75 Å². The maximum absolute atomic E-state index is 12.8. The van der Waals surface area contributed by atoms with Crippen molar-refractivity contribution in [3.8, 4) is 5.75 Å². The quantitative estimate of drug-likeness (QED) is 0.632. The lowest BCUT2D eigenvalue weighted by molar-refractivity contribution is 0.0947. The molecule has 0 aliphatic heterocycles. The SMILES string of the molecule is NC(=O)c1[nH]cc(C(=O)NCCc2ccc(F)cc2)c(=O)c1O. The van der Waals surface area contributed by atoms with Crippen molar-refractivity contribution in [3.05, 3.63) is 63.3 Å². The van der Waals surface area contributed by atoms with Gasteiger partial charge in [-0.15, -0.1) is 0 Å². The number of aromatic hydroxyl groups is 1. The molecule has 2 aromatic rings. The molecule has 0 saturated heterocycles. The number of nitrogens with one attached hydrogen (secondary N) is 2. The molecule has 23 heavy (non-hydrogen) atoms. The summed E-state index contributed by atoms with van der Waals surface area (Å²) in [4.78, 5) is 37.0. The molecule has 2 rings (SSSR count). The molecule has 8 heteroatoms. The topological polar surface area (TPSA) is 125 Å². The summed E-state index contributed by atoms with van der Waals surface area (Å²) >= 11 is 0. The number of hydrogen-bond donors (Lipinski definition) is 4. The first-order valence-electron chi connectivity index (χ1n) is 6.67. The number of halogens is 1. The molecule has 0 radical (unpaired) electrons. The van der Waals surface area contributed by atoms with Gasteiger partial charge in [0.15, 0.2) is 11.4 Å². The van der Waals surface area contributed by atoms with Crippen molar-refractivity contribution in [3.63, 3.8) is 0 Å². The molecule has 0 saturated carbocycles. The van der Waals surface area contributed by atoms with Crippen LogP contribution < -0.4 is 16.5 Å². The third kappa shape index (κ3) is 3.73. The first-order chi connectivity index (χ1) is 10.9. The zero-order valence-electron chi connectivity index (χ0n) is 11.9. The van der Waals surface area contributed by atoms with Crippen LogP contribution in [0.15, 0.2) is 35.3 Å². The Labute approximate surface area is 130 Å². The van der Waals surface area contributed by atoms with Gasteiger partial charge >= 0.3 is 0 Å². The number of amides is 2. The van der Waals surface area contributed by atoms with E-state index in [-0.39, 0.29) is 17.9 Å². The van der Waals surface area contributed by atoms with E-state index in [0.717, 1.165) is 11.8 Å². The Bertz CT molecular complexity index is 799. The zero-order chi connectivity index (χ0) is 17.0. The molecule has 120 valence electrons. The fraction of sp³-hybridized carbons (Fsp3) is 0.133. The van der Waals surface area contributed by atoms with Gasteiger partial charge in [0, 0.05) is 12.7 Å². The van der Waals surface area contributed by atoms with Crippen LogP contribution in [0.3, 0.4) is 0 Å². The van der Waals surface area contributed by atoms with E-state index in [2.05, 4.69) is 10.3 Å². The maximum atomic E-state index is 12.8. The van der Waals surface area contributed by atoms with Gasteiger partial charge in [0.05, 0.1) is 0 Å². The molecule has 0 bridgehead atoms. The van der Waals surface area contributed by atoms with E-state index in [9.17, 15) is 23.9 Å². The van der Waals surface area contributed by atoms with Crippen molar-refractivity contribution < 1.29 is 19.1 Å². The zero-order valence-corrected chi connectivity index (χ0v) is 11.9. The molecule has 5 N–H and O–H groups in total. The third-order valence-corrected chi connectivity index (χ3v) is 3.16. The number of nitrogens with two attached hydrogens (primary N) is 1. The fourth-order valence-corrected chi connectivity index (χ4v) is 1.94. The van der Waals surface area contributed by atoms with Crippen molar-refractivity contribution in [2.24, 2.45) is 5.73 Å². The second kappa shape index (κ2) is 6.73. The summed E-state index contributed by atoms with van der Waals surface area (Å²) in [6.45, 7) is 0.211. The average molecular weight is 319 g/mol. The Morgan fingerprint density at radius 1 is 1.26 bits per heavy atom. The van der Waals surface area contributed by atoms with E-state index in [4.69, 9.17) is 5.73 Å². The first-order valence-corrected chi connectivity index (χ1v) is 6.67. The van der Waals surface area contributed by atoms with E-state index in [1.165, 1.54) is 12.1 Å². The van der Waals surface area contributed by atoms with Gasteiger partial charge in [0.25, 0.3) is 11.8 Å². The minimum atomic E-state index is -1.01. The molecule has 0 unspecified atom stereocenters. The van der Waals surface area contributed by atoms with Crippen LogP contribution in [0.4, 0.5) is 4.39 Å². The van der Waals surface area contributed by atoms with Gasteiger partial charge in [-0.2, -0.15) is 0 Å². The van der Waals surface area contributed by atoms with Crippen molar-refractivity contribution >= 4 is 11.8 Å². The average Bonchev–Trinajstić information content (AvgIpc) is 2.51. The van der Waals surface area contributed by atoms with Gasteiger partial charge in [-0.25, -0.2) is 4.39 Å². The third-order valence-electron chi connectivity index (χ3n) is 3.16. The summed E-state index contributed by atoms with van der Waals surface area (Å²) in [6.07, 6.45) is 1.45. The van der Waals surface area contributed by atoms with Crippen LogP contribution in [0.1, 0.15) is 26.4 Å². The largest absolute Gasteiger partial charge is 0.503 e. The Kier molecular flexibility index (Phi) is 4.75. The van der Waals surface area contributed by atoms with E-state index < -0.39 is 28.7 Å². The summed E-state index contributed by atoms with van der Waals surface area (Å²) in [6, 6.07) is 5.79. The van der Waals surface area contributed by atoms with E-state index >= 15 is 0 Å². The molecule has 0 atom stereocenters. The molecule has 0 fully saturated rings. The maximum Gasteiger partial charge on any atom is 0.269 e. The van der Waals surface area contributed by atoms with Crippen molar-refractivity contribution in [2.45, 2.75) is 6.42 Å². The molecule has 2 amide bonds. The predicted octanol–water partition coefficient (Wildman–Crippen LogP) is 0.291. The van der Waals surface area contributed by atoms with Crippen molar-refractivity contribution in [1.29, 1.82) is 0 Å². The predicted molar refractivity (Wildman–Crippen MR) is 79.7 cm³/mol. The number of aromatic amines is 1. The number of pyridine rings is 1. The lowest BCUT2D eigenvalue weighted by atomic mass is 10.1. The number of carbonyl (C=O) groups is 2. The molecule has 7 nitrogen and oxygen atoms in total. The summed E-state index contributed by atoms with van der Waals surface area (Å²) in [5, 5.41) is 12.1. The molecule has 1 aromatic carbocycles. The number of H-pyrrole nitrogens is 1. The minimum absolute atomic E-state index is 0.211. The van der Waals surface area contributed by atoms with E-state index in [0.29, 0.717) is 6.42 Å². The van der Waals surface area contributed by atoms with Gasteiger partial charge in [-0.1, -0.05) is 12.1 Å². The van der Waals surface area contributed by atoms with Crippen LogP contribution in [0.2, 0.25) is 0 Å². The van der Waals surface area contributed by atoms with Crippen molar-refractivity contribution in [1.82, 2.24) is 10.3 Å². The number of aromatic nitrogens is 1. The van der Waals surface area contributed by atoms with Gasteiger partial charge in [0.1, 0.15) is 11.4 Å². The highest BCUT2D eigenvalue weighted by molar-refractivity contribution is 5.97. The normalized spacial score (nSPS) is 10.3.